The van der Waals surface area contributed by atoms with Crippen molar-refractivity contribution in [2.45, 2.75) is 12.8 Å². The molecular formula is C12H14ClNO. The topological polar surface area (TPSA) is 29.1 Å². The average molecular weight is 224 g/mol. The third-order valence-corrected chi connectivity index (χ3v) is 2.39. The van der Waals surface area contributed by atoms with Crippen molar-refractivity contribution in [3.63, 3.8) is 0 Å². The van der Waals surface area contributed by atoms with Crippen LogP contribution in [0.2, 0.25) is 5.02 Å². The summed E-state index contributed by atoms with van der Waals surface area (Å²) in [6.45, 7) is 4.04. The summed E-state index contributed by atoms with van der Waals surface area (Å²) in [6.07, 6.45) is 2.79. The number of nitrogens with one attached hydrogen (secondary N) is 1. The van der Waals surface area contributed by atoms with Crippen LogP contribution in [0.25, 0.3) is 0 Å². The normalized spacial score (nSPS) is 9.67. The first-order chi connectivity index (χ1) is 7.24. The van der Waals surface area contributed by atoms with Gasteiger partial charge in [-0.3, -0.25) is 4.79 Å². The van der Waals surface area contributed by atoms with Crippen LogP contribution in [0.15, 0.2) is 36.9 Å². The maximum absolute atomic E-state index is 11.3. The third-order valence-electron chi connectivity index (χ3n) is 2.02. The van der Waals surface area contributed by atoms with Gasteiger partial charge in [-0.15, -0.1) is 6.58 Å². The van der Waals surface area contributed by atoms with Gasteiger partial charge >= 0.3 is 0 Å². The summed E-state index contributed by atoms with van der Waals surface area (Å²) in [5, 5.41) is 3.44. The van der Waals surface area contributed by atoms with Crippen LogP contribution in [0.1, 0.15) is 12.0 Å². The number of halogens is 1. The number of rotatable bonds is 5. The third kappa shape index (κ3) is 4.17. The molecule has 0 saturated heterocycles. The number of hydrogen-bond acceptors (Lipinski definition) is 1. The van der Waals surface area contributed by atoms with Crippen molar-refractivity contribution in [2.24, 2.45) is 0 Å². The number of hydrogen-bond donors (Lipinski definition) is 1. The van der Waals surface area contributed by atoms with E-state index < -0.39 is 0 Å². The lowest BCUT2D eigenvalue weighted by molar-refractivity contribution is -0.120. The van der Waals surface area contributed by atoms with Crippen molar-refractivity contribution in [1.29, 1.82) is 0 Å². The predicted octanol–water partition coefficient (Wildman–Crippen LogP) is 2.57. The van der Waals surface area contributed by atoms with Gasteiger partial charge in [-0.1, -0.05) is 35.9 Å². The minimum atomic E-state index is 0.0230. The van der Waals surface area contributed by atoms with E-state index in [0.717, 1.165) is 5.56 Å². The van der Waals surface area contributed by atoms with Crippen molar-refractivity contribution in [3.8, 4) is 0 Å². The monoisotopic (exact) mass is 223 g/mol. The van der Waals surface area contributed by atoms with Crippen molar-refractivity contribution in [3.05, 3.63) is 47.5 Å². The van der Waals surface area contributed by atoms with E-state index in [4.69, 9.17) is 11.6 Å². The highest BCUT2D eigenvalue weighted by Gasteiger charge is 2.03. The molecule has 3 heteroatoms. The van der Waals surface area contributed by atoms with E-state index in [0.29, 0.717) is 24.4 Å². The SMILES string of the molecule is C=CCNC(=O)CCc1ccccc1Cl. The summed E-state index contributed by atoms with van der Waals surface area (Å²) in [6, 6.07) is 7.56. The van der Waals surface area contributed by atoms with Gasteiger partial charge in [-0.05, 0) is 18.1 Å². The number of carbonyl (C=O) groups excluding carboxylic acids is 1. The van der Waals surface area contributed by atoms with Crippen molar-refractivity contribution < 1.29 is 4.79 Å². The molecule has 0 atom stereocenters. The Kier molecular flexibility index (Phi) is 4.91. The highest BCUT2D eigenvalue weighted by Crippen LogP contribution is 2.16. The van der Waals surface area contributed by atoms with E-state index in [-0.39, 0.29) is 5.91 Å². The summed E-state index contributed by atoms with van der Waals surface area (Å²) in [4.78, 5) is 11.3. The first kappa shape index (κ1) is 11.8. The Morgan fingerprint density at radius 3 is 2.87 bits per heavy atom. The molecule has 0 spiro atoms. The Labute approximate surface area is 94.9 Å². The Morgan fingerprint density at radius 1 is 1.47 bits per heavy atom. The lowest BCUT2D eigenvalue weighted by Gasteiger charge is -2.04. The van der Waals surface area contributed by atoms with Crippen molar-refractivity contribution in [2.75, 3.05) is 6.54 Å². The summed E-state index contributed by atoms with van der Waals surface area (Å²) < 4.78 is 0. The zero-order valence-corrected chi connectivity index (χ0v) is 9.26. The van der Waals surface area contributed by atoms with Crippen LogP contribution >= 0.6 is 11.6 Å². The molecule has 1 aromatic carbocycles. The van der Waals surface area contributed by atoms with E-state index in [1.54, 1.807) is 6.08 Å². The number of amides is 1. The van der Waals surface area contributed by atoms with E-state index in [1.165, 1.54) is 0 Å². The molecule has 1 N–H and O–H groups in total. The quantitative estimate of drug-likeness (QED) is 0.764. The van der Waals surface area contributed by atoms with Crippen LogP contribution in [0.3, 0.4) is 0 Å². The molecule has 0 aliphatic heterocycles. The number of aryl methyl sites for hydroxylation is 1. The Hall–Kier alpha value is -1.28. The fourth-order valence-corrected chi connectivity index (χ4v) is 1.45. The second-order valence-electron chi connectivity index (χ2n) is 3.18. The molecule has 0 bridgehead atoms. The van der Waals surface area contributed by atoms with Crippen LogP contribution in [-0.2, 0) is 11.2 Å². The number of carbonyl (C=O) groups is 1. The van der Waals surface area contributed by atoms with Crippen LogP contribution < -0.4 is 5.32 Å². The van der Waals surface area contributed by atoms with Gasteiger partial charge in [-0.25, -0.2) is 0 Å². The Morgan fingerprint density at radius 2 is 2.20 bits per heavy atom. The molecule has 0 aliphatic carbocycles. The molecule has 0 aromatic heterocycles. The van der Waals surface area contributed by atoms with E-state index >= 15 is 0 Å². The minimum absolute atomic E-state index is 0.0230. The molecule has 0 fully saturated rings. The summed E-state index contributed by atoms with van der Waals surface area (Å²) in [7, 11) is 0. The van der Waals surface area contributed by atoms with E-state index in [9.17, 15) is 4.79 Å². The Balaban J connectivity index is 2.40. The second kappa shape index (κ2) is 6.25. The summed E-state index contributed by atoms with van der Waals surface area (Å²) in [5.41, 5.74) is 1.01. The maximum atomic E-state index is 11.3. The second-order valence-corrected chi connectivity index (χ2v) is 3.59. The van der Waals surface area contributed by atoms with Crippen LogP contribution in [-0.4, -0.2) is 12.5 Å². The van der Waals surface area contributed by atoms with Crippen LogP contribution in [0.4, 0.5) is 0 Å². The summed E-state index contributed by atoms with van der Waals surface area (Å²) in [5.74, 6) is 0.0230. The van der Waals surface area contributed by atoms with Crippen molar-refractivity contribution in [1.82, 2.24) is 5.32 Å². The van der Waals surface area contributed by atoms with Gasteiger partial charge in [0.05, 0.1) is 0 Å². The molecule has 0 radical (unpaired) electrons. The molecule has 80 valence electrons. The maximum Gasteiger partial charge on any atom is 0.220 e. The molecule has 1 rings (SSSR count). The van der Waals surface area contributed by atoms with Crippen molar-refractivity contribution >= 4 is 17.5 Å². The molecule has 15 heavy (non-hydrogen) atoms. The zero-order chi connectivity index (χ0) is 11.1. The summed E-state index contributed by atoms with van der Waals surface area (Å²) >= 11 is 5.96. The molecule has 0 unspecified atom stereocenters. The van der Waals surface area contributed by atoms with Gasteiger partial charge in [0.2, 0.25) is 5.91 Å². The first-order valence-corrected chi connectivity index (χ1v) is 5.23. The fraction of sp³-hybridized carbons (Fsp3) is 0.250. The predicted molar refractivity (Wildman–Crippen MR) is 63.0 cm³/mol. The van der Waals surface area contributed by atoms with Crippen LogP contribution in [0, 0.1) is 0 Å². The van der Waals surface area contributed by atoms with E-state index in [1.807, 2.05) is 24.3 Å². The fourth-order valence-electron chi connectivity index (χ4n) is 1.22. The first-order valence-electron chi connectivity index (χ1n) is 4.85. The highest BCUT2D eigenvalue weighted by atomic mass is 35.5. The molecule has 0 saturated carbocycles. The lowest BCUT2D eigenvalue weighted by atomic mass is 10.1. The Bertz CT molecular complexity index is 349. The largest absolute Gasteiger partial charge is 0.353 e. The molecule has 2 nitrogen and oxygen atoms in total. The molecule has 1 amide bonds. The minimum Gasteiger partial charge on any atom is -0.353 e. The van der Waals surface area contributed by atoms with Gasteiger partial charge in [0.15, 0.2) is 0 Å². The molecule has 1 aromatic rings. The lowest BCUT2D eigenvalue weighted by Crippen LogP contribution is -2.23. The van der Waals surface area contributed by atoms with Gasteiger partial charge in [-0.2, -0.15) is 0 Å². The zero-order valence-electron chi connectivity index (χ0n) is 8.50. The smallest absolute Gasteiger partial charge is 0.220 e. The highest BCUT2D eigenvalue weighted by molar-refractivity contribution is 6.31. The van der Waals surface area contributed by atoms with Gasteiger partial charge in [0.25, 0.3) is 0 Å². The van der Waals surface area contributed by atoms with Crippen LogP contribution in [0.5, 0.6) is 0 Å². The molecule has 0 aliphatic rings. The molecular weight excluding hydrogens is 210 g/mol. The van der Waals surface area contributed by atoms with Gasteiger partial charge in [0.1, 0.15) is 0 Å². The molecule has 0 heterocycles. The number of benzene rings is 1. The standard InChI is InChI=1S/C12H14ClNO/c1-2-9-14-12(15)8-7-10-5-3-4-6-11(10)13/h2-6H,1,7-9H2,(H,14,15). The van der Waals surface area contributed by atoms with Gasteiger partial charge < -0.3 is 5.32 Å². The van der Waals surface area contributed by atoms with E-state index in [2.05, 4.69) is 11.9 Å². The average Bonchev–Trinajstić information content (AvgIpc) is 2.25. The van der Waals surface area contributed by atoms with Gasteiger partial charge in [0, 0.05) is 18.0 Å².